The summed E-state index contributed by atoms with van der Waals surface area (Å²) in [5.41, 5.74) is 0.558. The van der Waals surface area contributed by atoms with E-state index in [1.165, 1.54) is 0 Å². The Hall–Kier alpha value is -1.29. The van der Waals surface area contributed by atoms with Gasteiger partial charge in [-0.05, 0) is 25.8 Å². The zero-order chi connectivity index (χ0) is 12.4. The molecule has 1 N–H and O–H groups in total. The van der Waals surface area contributed by atoms with Crippen molar-refractivity contribution < 1.29 is 4.79 Å². The molecule has 1 aliphatic carbocycles. The Kier molecular flexibility index (Phi) is 3.52. The van der Waals surface area contributed by atoms with Gasteiger partial charge < -0.3 is 10.2 Å². The van der Waals surface area contributed by atoms with Gasteiger partial charge in [0.25, 0.3) is 5.91 Å². The molecular formula is C12H16ClN3O. The molecule has 92 valence electrons. The molecule has 2 rings (SSSR count). The summed E-state index contributed by atoms with van der Waals surface area (Å²) in [6.45, 7) is 2.72. The smallest absolute Gasteiger partial charge is 0.255 e. The lowest BCUT2D eigenvalue weighted by molar-refractivity contribution is 0.0752. The average molecular weight is 254 g/mol. The van der Waals surface area contributed by atoms with Crippen LogP contribution in [0.2, 0.25) is 5.02 Å². The maximum absolute atomic E-state index is 12.2. The largest absolute Gasteiger partial charge is 0.372 e. The molecule has 1 aromatic rings. The molecule has 0 radical (unpaired) electrons. The lowest BCUT2D eigenvalue weighted by Gasteiger charge is -2.20. The van der Waals surface area contributed by atoms with E-state index >= 15 is 0 Å². The molecule has 1 amide bonds. The summed E-state index contributed by atoms with van der Waals surface area (Å²) in [5, 5.41) is 3.35. The van der Waals surface area contributed by atoms with Crippen molar-refractivity contribution in [2.45, 2.75) is 25.8 Å². The highest BCUT2D eigenvalue weighted by atomic mass is 35.5. The lowest BCUT2D eigenvalue weighted by Crippen LogP contribution is -2.32. The van der Waals surface area contributed by atoms with Crippen LogP contribution in [-0.4, -0.2) is 35.4 Å². The summed E-state index contributed by atoms with van der Waals surface area (Å²) in [5.74, 6) is 0.616. The van der Waals surface area contributed by atoms with E-state index in [0.717, 1.165) is 19.4 Å². The molecule has 0 aliphatic heterocycles. The fourth-order valence-electron chi connectivity index (χ4n) is 1.86. The van der Waals surface area contributed by atoms with Crippen molar-refractivity contribution in [2.24, 2.45) is 0 Å². The van der Waals surface area contributed by atoms with Crippen LogP contribution in [0, 0.1) is 0 Å². The standard InChI is InChI=1S/C12H16ClN3O/c1-3-16(9-4-5-9)12(17)8-6-10(13)11(14-2)15-7-8/h6-7,9H,3-5H2,1-2H3,(H,14,15). The molecule has 0 bridgehead atoms. The van der Waals surface area contributed by atoms with Crippen LogP contribution >= 0.6 is 11.6 Å². The number of nitrogens with one attached hydrogen (secondary N) is 1. The molecule has 5 heteroatoms. The minimum atomic E-state index is 0.0204. The predicted octanol–water partition coefficient (Wildman–Crippen LogP) is 2.40. The van der Waals surface area contributed by atoms with Crippen LogP contribution < -0.4 is 5.32 Å². The quantitative estimate of drug-likeness (QED) is 0.896. The first-order chi connectivity index (χ1) is 8.17. The van der Waals surface area contributed by atoms with Crippen molar-refractivity contribution >= 4 is 23.3 Å². The molecule has 4 nitrogen and oxygen atoms in total. The minimum absolute atomic E-state index is 0.0204. The number of anilines is 1. The molecule has 1 aliphatic rings. The number of nitrogens with zero attached hydrogens (tertiary/aromatic N) is 2. The molecule has 1 heterocycles. The zero-order valence-corrected chi connectivity index (χ0v) is 10.8. The van der Waals surface area contributed by atoms with Crippen molar-refractivity contribution in [1.29, 1.82) is 0 Å². The lowest BCUT2D eigenvalue weighted by atomic mass is 10.2. The normalized spacial score (nSPS) is 14.5. The zero-order valence-electron chi connectivity index (χ0n) is 10.0. The second-order valence-electron chi connectivity index (χ2n) is 4.13. The van der Waals surface area contributed by atoms with E-state index in [2.05, 4.69) is 10.3 Å². The Morgan fingerprint density at radius 1 is 1.65 bits per heavy atom. The van der Waals surface area contributed by atoms with Gasteiger partial charge in [-0.2, -0.15) is 0 Å². The topological polar surface area (TPSA) is 45.2 Å². The van der Waals surface area contributed by atoms with Crippen LogP contribution in [0.15, 0.2) is 12.3 Å². The molecule has 17 heavy (non-hydrogen) atoms. The van der Waals surface area contributed by atoms with Crippen molar-refractivity contribution in [3.05, 3.63) is 22.8 Å². The SMILES string of the molecule is CCN(C(=O)c1cnc(NC)c(Cl)c1)C1CC1. The first-order valence-corrected chi connectivity index (χ1v) is 6.19. The second kappa shape index (κ2) is 4.92. The highest BCUT2D eigenvalue weighted by Gasteiger charge is 2.32. The van der Waals surface area contributed by atoms with Crippen LogP contribution in [-0.2, 0) is 0 Å². The van der Waals surface area contributed by atoms with Crippen molar-refractivity contribution in [3.63, 3.8) is 0 Å². The van der Waals surface area contributed by atoms with E-state index in [-0.39, 0.29) is 5.91 Å². The summed E-state index contributed by atoms with van der Waals surface area (Å²) in [6.07, 6.45) is 3.79. The molecule has 0 unspecified atom stereocenters. The number of hydrogen-bond acceptors (Lipinski definition) is 3. The second-order valence-corrected chi connectivity index (χ2v) is 4.53. The third-order valence-corrected chi connectivity index (χ3v) is 3.20. The number of pyridine rings is 1. The highest BCUT2D eigenvalue weighted by Crippen LogP contribution is 2.28. The van der Waals surface area contributed by atoms with E-state index in [4.69, 9.17) is 11.6 Å². The fourth-order valence-corrected chi connectivity index (χ4v) is 2.12. The molecule has 1 fully saturated rings. The third kappa shape index (κ3) is 2.52. The van der Waals surface area contributed by atoms with E-state index in [1.807, 2.05) is 11.8 Å². The monoisotopic (exact) mass is 253 g/mol. The van der Waals surface area contributed by atoms with Crippen molar-refractivity contribution in [2.75, 3.05) is 18.9 Å². The third-order valence-electron chi connectivity index (χ3n) is 2.91. The van der Waals surface area contributed by atoms with Crippen LogP contribution in [0.5, 0.6) is 0 Å². The summed E-state index contributed by atoms with van der Waals surface area (Å²) < 4.78 is 0. The Bertz CT molecular complexity index is 432. The molecular weight excluding hydrogens is 238 g/mol. The summed E-state index contributed by atoms with van der Waals surface area (Å²) in [6, 6.07) is 2.09. The molecule has 0 saturated heterocycles. The minimum Gasteiger partial charge on any atom is -0.372 e. The van der Waals surface area contributed by atoms with Gasteiger partial charge in [-0.3, -0.25) is 4.79 Å². The summed E-state index contributed by atoms with van der Waals surface area (Å²) in [7, 11) is 1.75. The van der Waals surface area contributed by atoms with Gasteiger partial charge in [0.15, 0.2) is 0 Å². The van der Waals surface area contributed by atoms with Gasteiger partial charge in [0, 0.05) is 25.8 Å². The van der Waals surface area contributed by atoms with Crippen LogP contribution in [0.3, 0.4) is 0 Å². The first kappa shape index (κ1) is 12.2. The van der Waals surface area contributed by atoms with E-state index in [0.29, 0.717) is 22.4 Å². The number of carbonyl (C=O) groups is 1. The first-order valence-electron chi connectivity index (χ1n) is 5.81. The maximum Gasteiger partial charge on any atom is 0.255 e. The molecule has 0 aromatic carbocycles. The van der Waals surface area contributed by atoms with Crippen molar-refractivity contribution in [1.82, 2.24) is 9.88 Å². The Balaban J connectivity index is 2.21. The Morgan fingerprint density at radius 2 is 2.35 bits per heavy atom. The van der Waals surface area contributed by atoms with Gasteiger partial charge in [-0.25, -0.2) is 4.98 Å². The number of carbonyl (C=O) groups excluding carboxylic acids is 1. The van der Waals surface area contributed by atoms with Crippen LogP contribution in [0.4, 0.5) is 5.82 Å². The van der Waals surface area contributed by atoms with E-state index < -0.39 is 0 Å². The summed E-state index contributed by atoms with van der Waals surface area (Å²) >= 11 is 6.02. The molecule has 0 atom stereocenters. The van der Waals surface area contributed by atoms with Gasteiger partial charge >= 0.3 is 0 Å². The van der Waals surface area contributed by atoms with Crippen LogP contribution in [0.25, 0.3) is 0 Å². The summed E-state index contributed by atoms with van der Waals surface area (Å²) in [4.78, 5) is 18.2. The maximum atomic E-state index is 12.2. The van der Waals surface area contributed by atoms with Gasteiger partial charge in [0.1, 0.15) is 5.82 Å². The van der Waals surface area contributed by atoms with Gasteiger partial charge in [-0.1, -0.05) is 11.6 Å². The highest BCUT2D eigenvalue weighted by molar-refractivity contribution is 6.33. The van der Waals surface area contributed by atoms with Gasteiger partial charge in [0.05, 0.1) is 10.6 Å². The Morgan fingerprint density at radius 3 is 2.82 bits per heavy atom. The molecule has 1 saturated carbocycles. The number of rotatable bonds is 4. The number of aromatic nitrogens is 1. The number of hydrogen-bond donors (Lipinski definition) is 1. The molecule has 1 aromatic heterocycles. The van der Waals surface area contributed by atoms with Gasteiger partial charge in [-0.15, -0.1) is 0 Å². The number of amides is 1. The van der Waals surface area contributed by atoms with E-state index in [1.54, 1.807) is 19.3 Å². The average Bonchev–Trinajstić information content (AvgIpc) is 3.14. The van der Waals surface area contributed by atoms with E-state index in [9.17, 15) is 4.79 Å². The predicted molar refractivity (Wildman–Crippen MR) is 68.5 cm³/mol. The number of halogens is 1. The molecule has 0 spiro atoms. The van der Waals surface area contributed by atoms with Gasteiger partial charge in [0.2, 0.25) is 0 Å². The fraction of sp³-hybridized carbons (Fsp3) is 0.500. The van der Waals surface area contributed by atoms with Crippen LogP contribution in [0.1, 0.15) is 30.1 Å². The Labute approximate surface area is 106 Å². The van der Waals surface area contributed by atoms with Crippen molar-refractivity contribution in [3.8, 4) is 0 Å².